The first-order valence-corrected chi connectivity index (χ1v) is 7.87. The Morgan fingerprint density at radius 2 is 2.00 bits per heavy atom. The van der Waals surface area contributed by atoms with Gasteiger partial charge in [0.05, 0.1) is 16.6 Å². The Morgan fingerprint density at radius 3 is 2.62 bits per heavy atom. The lowest BCUT2D eigenvalue weighted by Gasteiger charge is -2.15. The largest absolute Gasteiger partial charge is 0.348 e. The molecule has 3 N–H and O–H groups in total. The van der Waals surface area contributed by atoms with Crippen LogP contribution in [0.15, 0.2) is 30.3 Å². The molecule has 0 aliphatic carbocycles. The Labute approximate surface area is 129 Å². The first kappa shape index (κ1) is 15.7. The topological polar surface area (TPSA) is 68.0 Å². The van der Waals surface area contributed by atoms with Gasteiger partial charge < -0.3 is 11.1 Å². The molecule has 0 bridgehead atoms. The van der Waals surface area contributed by atoms with E-state index in [0.29, 0.717) is 6.54 Å². The number of amides is 1. The number of rotatable bonds is 5. The van der Waals surface area contributed by atoms with E-state index in [0.717, 1.165) is 21.1 Å². The second-order valence-corrected chi connectivity index (χ2v) is 6.23. The average Bonchev–Trinajstić information content (AvgIpc) is 2.89. The number of hydrogen-bond donors (Lipinski definition) is 2. The maximum Gasteiger partial charge on any atom is 0.224 e. The number of nitrogens with one attached hydrogen (secondary N) is 1. The highest BCUT2D eigenvalue weighted by Gasteiger charge is 2.19. The van der Waals surface area contributed by atoms with E-state index in [-0.39, 0.29) is 17.9 Å². The van der Waals surface area contributed by atoms with E-state index in [1.807, 2.05) is 51.1 Å². The molecule has 4 nitrogen and oxygen atoms in total. The van der Waals surface area contributed by atoms with Crippen molar-refractivity contribution in [1.82, 2.24) is 10.3 Å². The molecule has 112 valence electrons. The Morgan fingerprint density at radius 1 is 1.33 bits per heavy atom. The molecule has 0 fully saturated rings. The zero-order valence-electron chi connectivity index (χ0n) is 12.6. The van der Waals surface area contributed by atoms with Crippen LogP contribution in [0.3, 0.4) is 0 Å². The fourth-order valence-corrected chi connectivity index (χ4v) is 3.12. The van der Waals surface area contributed by atoms with Crippen molar-refractivity contribution in [1.29, 1.82) is 0 Å². The third-order valence-corrected chi connectivity index (χ3v) is 4.80. The van der Waals surface area contributed by atoms with Gasteiger partial charge in [0.2, 0.25) is 5.91 Å². The summed E-state index contributed by atoms with van der Waals surface area (Å²) >= 11 is 1.62. The van der Waals surface area contributed by atoms with Gasteiger partial charge in [-0.25, -0.2) is 4.98 Å². The Bertz CT molecular complexity index is 609. The Hall–Kier alpha value is -1.72. The molecule has 21 heavy (non-hydrogen) atoms. The van der Waals surface area contributed by atoms with E-state index in [1.54, 1.807) is 11.3 Å². The molecule has 0 spiro atoms. The summed E-state index contributed by atoms with van der Waals surface area (Å²) in [5.74, 6) is -0.187. The highest BCUT2D eigenvalue weighted by atomic mass is 32.1. The maximum absolute atomic E-state index is 11.9. The Balaban J connectivity index is 2.17. The first-order chi connectivity index (χ1) is 10.0. The third-order valence-electron chi connectivity index (χ3n) is 3.41. The molecule has 0 saturated carbocycles. The predicted octanol–water partition coefficient (Wildman–Crippen LogP) is 2.89. The van der Waals surface area contributed by atoms with Crippen molar-refractivity contribution in [3.8, 4) is 10.6 Å². The number of thiazole rings is 1. The van der Waals surface area contributed by atoms with Gasteiger partial charge in [0, 0.05) is 18.0 Å². The number of carbonyl (C=O) groups is 1. The van der Waals surface area contributed by atoms with E-state index in [2.05, 4.69) is 10.3 Å². The summed E-state index contributed by atoms with van der Waals surface area (Å²) in [6.45, 7) is 6.15. The van der Waals surface area contributed by atoms with Crippen LogP contribution in [-0.4, -0.2) is 17.4 Å². The minimum Gasteiger partial charge on any atom is -0.348 e. The molecule has 1 aromatic heterocycles. The molecule has 0 aliphatic rings. The highest BCUT2D eigenvalue weighted by molar-refractivity contribution is 7.15. The van der Waals surface area contributed by atoms with E-state index in [9.17, 15) is 4.79 Å². The van der Waals surface area contributed by atoms with E-state index < -0.39 is 0 Å². The Kier molecular flexibility index (Phi) is 5.09. The van der Waals surface area contributed by atoms with Crippen molar-refractivity contribution in [2.45, 2.75) is 26.8 Å². The van der Waals surface area contributed by atoms with Gasteiger partial charge in [0.1, 0.15) is 5.01 Å². The molecule has 5 heteroatoms. The second kappa shape index (κ2) is 6.83. The van der Waals surface area contributed by atoms with Gasteiger partial charge in [-0.05, 0) is 13.8 Å². The number of benzene rings is 1. The molecular formula is C16H21N3OS. The number of aryl methyl sites for hydroxylation is 1. The number of nitrogens with zero attached hydrogens (tertiary/aromatic N) is 1. The fraction of sp³-hybridized carbons (Fsp3) is 0.375. The van der Waals surface area contributed by atoms with Crippen molar-refractivity contribution in [2.24, 2.45) is 11.7 Å². The van der Waals surface area contributed by atoms with Gasteiger partial charge in [-0.2, -0.15) is 0 Å². The molecule has 0 radical (unpaired) electrons. The lowest BCUT2D eigenvalue weighted by Crippen LogP contribution is -2.34. The number of aromatic nitrogens is 1. The summed E-state index contributed by atoms with van der Waals surface area (Å²) in [4.78, 5) is 17.6. The standard InChI is InChI=1S/C16H21N3OS/c1-10(9-17)15(20)18-11(2)14-12(3)19-16(21-14)13-7-5-4-6-8-13/h4-8,10-11H,9,17H2,1-3H3,(H,18,20). The average molecular weight is 303 g/mol. The zero-order chi connectivity index (χ0) is 15.4. The summed E-state index contributed by atoms with van der Waals surface area (Å²) in [5, 5.41) is 3.99. The minimum absolute atomic E-state index is 0.0148. The lowest BCUT2D eigenvalue weighted by molar-refractivity contribution is -0.124. The monoisotopic (exact) mass is 303 g/mol. The quantitative estimate of drug-likeness (QED) is 0.892. The first-order valence-electron chi connectivity index (χ1n) is 7.06. The van der Waals surface area contributed by atoms with Crippen LogP contribution >= 0.6 is 11.3 Å². The summed E-state index contributed by atoms with van der Waals surface area (Å²) in [6.07, 6.45) is 0. The summed E-state index contributed by atoms with van der Waals surface area (Å²) in [6, 6.07) is 10.0. The normalized spacial score (nSPS) is 13.7. The second-order valence-electron chi connectivity index (χ2n) is 5.20. The van der Waals surface area contributed by atoms with Crippen LogP contribution in [0.5, 0.6) is 0 Å². The van der Waals surface area contributed by atoms with Crippen molar-refractivity contribution in [2.75, 3.05) is 6.54 Å². The molecule has 1 aromatic carbocycles. The van der Waals surface area contributed by atoms with E-state index >= 15 is 0 Å². The van der Waals surface area contributed by atoms with Gasteiger partial charge in [0.15, 0.2) is 0 Å². The van der Waals surface area contributed by atoms with Gasteiger partial charge in [-0.15, -0.1) is 11.3 Å². The van der Waals surface area contributed by atoms with Crippen molar-refractivity contribution in [3.05, 3.63) is 40.9 Å². The molecular weight excluding hydrogens is 282 g/mol. The van der Waals surface area contributed by atoms with Crippen LogP contribution in [-0.2, 0) is 4.79 Å². The zero-order valence-corrected chi connectivity index (χ0v) is 13.4. The number of nitrogens with two attached hydrogens (primary N) is 1. The van der Waals surface area contributed by atoms with Crippen LogP contribution in [0.2, 0.25) is 0 Å². The predicted molar refractivity (Wildman–Crippen MR) is 87.1 cm³/mol. The molecule has 1 heterocycles. The van der Waals surface area contributed by atoms with Crippen molar-refractivity contribution < 1.29 is 4.79 Å². The fourth-order valence-electron chi connectivity index (χ4n) is 2.04. The molecule has 0 aliphatic heterocycles. The summed E-state index contributed by atoms with van der Waals surface area (Å²) in [5.41, 5.74) is 7.59. The third kappa shape index (κ3) is 3.68. The number of hydrogen-bond acceptors (Lipinski definition) is 4. The SMILES string of the molecule is Cc1nc(-c2ccccc2)sc1C(C)NC(=O)C(C)CN. The number of carbonyl (C=O) groups excluding carboxylic acids is 1. The van der Waals surface area contributed by atoms with Crippen LogP contribution in [0.4, 0.5) is 0 Å². The van der Waals surface area contributed by atoms with Gasteiger partial charge >= 0.3 is 0 Å². The molecule has 2 unspecified atom stereocenters. The summed E-state index contributed by atoms with van der Waals surface area (Å²) in [7, 11) is 0. The minimum atomic E-state index is -0.172. The maximum atomic E-state index is 11.9. The lowest BCUT2D eigenvalue weighted by atomic mass is 10.1. The molecule has 2 atom stereocenters. The van der Waals surface area contributed by atoms with Gasteiger partial charge in [0.25, 0.3) is 0 Å². The van der Waals surface area contributed by atoms with Gasteiger partial charge in [-0.1, -0.05) is 37.3 Å². The van der Waals surface area contributed by atoms with Crippen molar-refractivity contribution in [3.63, 3.8) is 0 Å². The van der Waals surface area contributed by atoms with Crippen LogP contribution in [0.25, 0.3) is 10.6 Å². The van der Waals surface area contributed by atoms with Crippen LogP contribution in [0, 0.1) is 12.8 Å². The van der Waals surface area contributed by atoms with E-state index in [4.69, 9.17) is 5.73 Å². The molecule has 2 aromatic rings. The molecule has 1 amide bonds. The molecule has 0 saturated heterocycles. The highest BCUT2D eigenvalue weighted by Crippen LogP contribution is 2.31. The smallest absolute Gasteiger partial charge is 0.224 e. The van der Waals surface area contributed by atoms with Gasteiger partial charge in [-0.3, -0.25) is 4.79 Å². The van der Waals surface area contributed by atoms with E-state index in [1.165, 1.54) is 0 Å². The summed E-state index contributed by atoms with van der Waals surface area (Å²) < 4.78 is 0. The molecule has 2 rings (SSSR count). The van der Waals surface area contributed by atoms with Crippen molar-refractivity contribution >= 4 is 17.2 Å². The van der Waals surface area contributed by atoms with Crippen LogP contribution < -0.4 is 11.1 Å². The van der Waals surface area contributed by atoms with Crippen LogP contribution in [0.1, 0.15) is 30.5 Å².